The maximum atomic E-state index is 12.3. The van der Waals surface area contributed by atoms with Gasteiger partial charge in [-0.15, -0.1) is 18.3 Å². The number of thiophene rings is 1. The van der Waals surface area contributed by atoms with Gasteiger partial charge < -0.3 is 15.2 Å². The zero-order chi connectivity index (χ0) is 19.4. The fourth-order valence-electron chi connectivity index (χ4n) is 2.20. The molecule has 142 valence electrons. The summed E-state index contributed by atoms with van der Waals surface area (Å²) in [6.07, 6.45) is -4.29. The van der Waals surface area contributed by atoms with Gasteiger partial charge in [0.25, 0.3) is 5.91 Å². The molecule has 3 rings (SSSR count). The van der Waals surface area contributed by atoms with Crippen molar-refractivity contribution < 1.29 is 27.8 Å². The number of benzene rings is 1. The molecule has 0 aliphatic heterocycles. The minimum Gasteiger partial charge on any atom is -0.406 e. The van der Waals surface area contributed by atoms with Crippen LogP contribution in [0, 0.1) is 0 Å². The van der Waals surface area contributed by atoms with Gasteiger partial charge in [0, 0.05) is 11.8 Å². The van der Waals surface area contributed by atoms with Crippen LogP contribution in [0.5, 0.6) is 5.75 Å². The Morgan fingerprint density at radius 1 is 1.37 bits per heavy atom. The molecule has 2 heterocycles. The van der Waals surface area contributed by atoms with Crippen molar-refractivity contribution in [1.82, 2.24) is 15.0 Å². The molecule has 11 heteroatoms. The molecule has 0 spiro atoms. The molecule has 2 N–H and O–H groups in total. The third kappa shape index (κ3) is 5.28. The number of hydrogen-bond acceptors (Lipinski definition) is 6. The molecule has 1 unspecified atom stereocenters. The lowest BCUT2D eigenvalue weighted by molar-refractivity contribution is -0.274. The summed E-state index contributed by atoms with van der Waals surface area (Å²) in [4.78, 5) is 12.2. The second-order valence-corrected chi connectivity index (χ2v) is 6.21. The highest BCUT2D eigenvalue weighted by Gasteiger charge is 2.31. The van der Waals surface area contributed by atoms with Crippen LogP contribution in [0.4, 0.5) is 18.9 Å². The number of aliphatic hydroxyl groups excluding tert-OH is 1. The molecule has 27 heavy (non-hydrogen) atoms. The number of nitrogens with one attached hydrogen (secondary N) is 1. The van der Waals surface area contributed by atoms with Crippen molar-refractivity contribution in [3.8, 4) is 5.75 Å². The summed E-state index contributed by atoms with van der Waals surface area (Å²) in [6, 6.07) is 6.65. The van der Waals surface area contributed by atoms with Crippen LogP contribution in [0.1, 0.15) is 22.2 Å². The third-order valence-electron chi connectivity index (χ3n) is 3.38. The smallest absolute Gasteiger partial charge is 0.406 e. The number of aliphatic hydroxyl groups is 1. The van der Waals surface area contributed by atoms with E-state index in [9.17, 15) is 23.1 Å². The fourth-order valence-corrected chi connectivity index (χ4v) is 2.91. The number of amides is 1. The van der Waals surface area contributed by atoms with E-state index in [-0.39, 0.29) is 17.9 Å². The predicted molar refractivity (Wildman–Crippen MR) is 90.4 cm³/mol. The van der Waals surface area contributed by atoms with E-state index in [4.69, 9.17) is 0 Å². The number of ether oxygens (including phenoxy) is 1. The van der Waals surface area contributed by atoms with Gasteiger partial charge in [-0.1, -0.05) is 11.3 Å². The Labute approximate surface area is 155 Å². The SMILES string of the molecule is O=C(Nc1cccc(OC(F)(F)F)c1)c1cn(CC(O)c2ccsc2)nn1. The van der Waals surface area contributed by atoms with E-state index in [1.807, 2.05) is 5.38 Å². The highest BCUT2D eigenvalue weighted by Crippen LogP contribution is 2.25. The first kappa shape index (κ1) is 18.9. The largest absolute Gasteiger partial charge is 0.573 e. The van der Waals surface area contributed by atoms with Gasteiger partial charge in [-0.3, -0.25) is 4.79 Å². The average molecular weight is 398 g/mol. The first-order chi connectivity index (χ1) is 12.8. The molecule has 0 aliphatic carbocycles. The van der Waals surface area contributed by atoms with Gasteiger partial charge in [0.15, 0.2) is 5.69 Å². The topological polar surface area (TPSA) is 89.3 Å². The minimum atomic E-state index is -4.82. The molecule has 7 nitrogen and oxygen atoms in total. The van der Waals surface area contributed by atoms with Gasteiger partial charge in [0.05, 0.1) is 18.8 Å². The second-order valence-electron chi connectivity index (χ2n) is 5.43. The number of halogens is 3. The Balaban J connectivity index is 1.63. The van der Waals surface area contributed by atoms with E-state index < -0.39 is 24.1 Å². The van der Waals surface area contributed by atoms with Gasteiger partial charge >= 0.3 is 6.36 Å². The zero-order valence-electron chi connectivity index (χ0n) is 13.6. The van der Waals surface area contributed by atoms with Crippen molar-refractivity contribution in [2.45, 2.75) is 19.0 Å². The number of nitrogens with zero attached hydrogens (tertiary/aromatic N) is 3. The number of hydrogen-bond donors (Lipinski definition) is 2. The first-order valence-electron chi connectivity index (χ1n) is 7.57. The molecule has 0 saturated heterocycles. The molecule has 2 aromatic heterocycles. The summed E-state index contributed by atoms with van der Waals surface area (Å²) in [6.45, 7) is 0.103. The molecular weight excluding hydrogens is 385 g/mol. The number of alkyl halides is 3. The van der Waals surface area contributed by atoms with Crippen LogP contribution in [0.15, 0.2) is 47.3 Å². The molecular formula is C16H13F3N4O3S. The molecule has 0 radical (unpaired) electrons. The number of aromatic nitrogens is 3. The van der Waals surface area contributed by atoms with Crippen molar-refractivity contribution in [3.05, 3.63) is 58.5 Å². The van der Waals surface area contributed by atoms with Crippen molar-refractivity contribution in [2.75, 3.05) is 5.32 Å². The van der Waals surface area contributed by atoms with Crippen LogP contribution >= 0.6 is 11.3 Å². The van der Waals surface area contributed by atoms with Crippen molar-refractivity contribution >= 4 is 22.9 Å². The fraction of sp³-hybridized carbons (Fsp3) is 0.188. The minimum absolute atomic E-state index is 0.0466. The summed E-state index contributed by atoms with van der Waals surface area (Å²) in [5.41, 5.74) is 0.784. The van der Waals surface area contributed by atoms with Crippen molar-refractivity contribution in [1.29, 1.82) is 0 Å². The van der Waals surface area contributed by atoms with Crippen LogP contribution in [0.25, 0.3) is 0 Å². The Morgan fingerprint density at radius 2 is 2.19 bits per heavy atom. The molecule has 0 saturated carbocycles. The highest BCUT2D eigenvalue weighted by atomic mass is 32.1. The summed E-state index contributed by atoms with van der Waals surface area (Å²) < 4.78 is 41.9. The van der Waals surface area contributed by atoms with E-state index in [1.54, 1.807) is 11.4 Å². The number of rotatable bonds is 6. The predicted octanol–water partition coefficient (Wildman–Crippen LogP) is 3.22. The molecule has 0 bridgehead atoms. The van der Waals surface area contributed by atoms with Crippen LogP contribution in [0.2, 0.25) is 0 Å². The molecule has 1 atom stereocenters. The number of carbonyl (C=O) groups excluding carboxylic acids is 1. The summed E-state index contributed by atoms with van der Waals surface area (Å²) in [7, 11) is 0. The average Bonchev–Trinajstić information content (AvgIpc) is 3.25. The number of carbonyl (C=O) groups is 1. The maximum absolute atomic E-state index is 12.3. The molecule has 0 fully saturated rings. The highest BCUT2D eigenvalue weighted by molar-refractivity contribution is 7.07. The van der Waals surface area contributed by atoms with Crippen molar-refractivity contribution in [2.24, 2.45) is 0 Å². The van der Waals surface area contributed by atoms with Gasteiger partial charge in [-0.2, -0.15) is 11.3 Å². The van der Waals surface area contributed by atoms with Gasteiger partial charge in [-0.25, -0.2) is 4.68 Å². The normalized spacial score (nSPS) is 12.6. The Morgan fingerprint density at radius 3 is 2.89 bits per heavy atom. The molecule has 3 aromatic rings. The monoisotopic (exact) mass is 398 g/mol. The van der Waals surface area contributed by atoms with Crippen molar-refractivity contribution in [3.63, 3.8) is 0 Å². The van der Waals surface area contributed by atoms with E-state index >= 15 is 0 Å². The molecule has 1 aromatic carbocycles. The van der Waals surface area contributed by atoms with Gasteiger partial charge in [-0.05, 0) is 34.5 Å². The first-order valence-corrected chi connectivity index (χ1v) is 8.52. The van der Waals surface area contributed by atoms with E-state index in [1.165, 1.54) is 34.3 Å². The lowest BCUT2D eigenvalue weighted by atomic mass is 10.2. The summed E-state index contributed by atoms with van der Waals surface area (Å²) in [5, 5.41) is 23.6. The molecule has 1 amide bonds. The summed E-state index contributed by atoms with van der Waals surface area (Å²) >= 11 is 1.44. The third-order valence-corrected chi connectivity index (χ3v) is 4.09. The second kappa shape index (κ2) is 7.76. The van der Waals surface area contributed by atoms with Crippen LogP contribution in [-0.2, 0) is 6.54 Å². The van der Waals surface area contributed by atoms with E-state index in [0.29, 0.717) is 0 Å². The Bertz CT molecular complexity index is 912. The Kier molecular flexibility index (Phi) is 5.42. The molecule has 0 aliphatic rings. The Hall–Kier alpha value is -2.92. The standard InChI is InChI=1S/C16H13F3N4O3S/c17-16(18,19)26-12-3-1-2-11(6-12)20-15(25)13-7-23(22-21-13)8-14(24)10-4-5-27-9-10/h1-7,9,14,24H,8H2,(H,20,25). The van der Waals surface area contributed by atoms with Crippen LogP contribution < -0.4 is 10.1 Å². The summed E-state index contributed by atoms with van der Waals surface area (Å²) in [5.74, 6) is -1.11. The van der Waals surface area contributed by atoms with Crippen LogP contribution in [-0.4, -0.2) is 32.4 Å². The zero-order valence-corrected chi connectivity index (χ0v) is 14.4. The maximum Gasteiger partial charge on any atom is 0.573 e. The quantitative estimate of drug-likeness (QED) is 0.666. The van der Waals surface area contributed by atoms with Crippen LogP contribution in [0.3, 0.4) is 0 Å². The number of anilines is 1. The lowest BCUT2D eigenvalue weighted by Crippen LogP contribution is -2.17. The lowest BCUT2D eigenvalue weighted by Gasteiger charge is -2.10. The van der Waals surface area contributed by atoms with E-state index in [0.717, 1.165) is 17.7 Å². The van der Waals surface area contributed by atoms with E-state index in [2.05, 4.69) is 20.4 Å². The van der Waals surface area contributed by atoms with Gasteiger partial charge in [0.2, 0.25) is 0 Å². The van der Waals surface area contributed by atoms with Gasteiger partial charge in [0.1, 0.15) is 5.75 Å².